The van der Waals surface area contributed by atoms with Gasteiger partial charge in [0.25, 0.3) is 0 Å². The fourth-order valence-corrected chi connectivity index (χ4v) is 6.67. The maximum absolute atomic E-state index is 13.1. The van der Waals surface area contributed by atoms with Gasteiger partial charge in [-0.3, -0.25) is 4.79 Å². The lowest BCUT2D eigenvalue weighted by atomic mass is 10.1. The molecule has 0 aromatic heterocycles. The standard InChI is InChI=1S/C29H44N4O5S/c1-22-17-27(37-7)18-23(2)29(22)39(35,36)32(6)15-16-38-21-28(34)31(5)19-24-10-12-25(13-11-24)33-14-8-9-26(33)20-30(3)4/h10-13,17-18,26H,8-9,14-16,19-21H2,1-7H3. The van der Waals surface area contributed by atoms with Gasteiger partial charge in [0.1, 0.15) is 12.4 Å². The number of ether oxygens (including phenoxy) is 2. The maximum Gasteiger partial charge on any atom is 0.248 e. The molecule has 0 radical (unpaired) electrons. The van der Waals surface area contributed by atoms with E-state index in [0.717, 1.165) is 18.7 Å². The quantitative estimate of drug-likeness (QED) is 0.348. The number of likely N-dealkylation sites (N-methyl/N-ethyl adjacent to an activating group) is 3. The number of sulfonamides is 1. The highest BCUT2D eigenvalue weighted by Crippen LogP contribution is 2.28. The summed E-state index contributed by atoms with van der Waals surface area (Å²) in [6, 6.07) is 12.4. The number of hydrogen-bond donors (Lipinski definition) is 0. The summed E-state index contributed by atoms with van der Waals surface area (Å²) in [4.78, 5) is 19.2. The van der Waals surface area contributed by atoms with Gasteiger partial charge in [-0.2, -0.15) is 4.31 Å². The molecular formula is C29H44N4O5S. The van der Waals surface area contributed by atoms with Gasteiger partial charge in [0.2, 0.25) is 15.9 Å². The normalized spacial score (nSPS) is 15.8. The zero-order chi connectivity index (χ0) is 28.7. The molecule has 1 aliphatic rings. The van der Waals surface area contributed by atoms with Crippen LogP contribution in [0.4, 0.5) is 5.69 Å². The number of anilines is 1. The van der Waals surface area contributed by atoms with Crippen LogP contribution in [0, 0.1) is 13.8 Å². The van der Waals surface area contributed by atoms with Crippen LogP contribution in [0.25, 0.3) is 0 Å². The van der Waals surface area contributed by atoms with Crippen molar-refractivity contribution < 1.29 is 22.7 Å². The second kappa shape index (κ2) is 13.6. The summed E-state index contributed by atoms with van der Waals surface area (Å²) in [5.41, 5.74) is 3.52. The molecule has 39 heavy (non-hydrogen) atoms. The highest BCUT2D eigenvalue weighted by Gasteiger charge is 2.26. The van der Waals surface area contributed by atoms with Crippen LogP contribution in [0.1, 0.15) is 29.5 Å². The maximum atomic E-state index is 13.1. The molecule has 0 aliphatic carbocycles. The molecule has 10 heteroatoms. The molecule has 1 heterocycles. The van der Waals surface area contributed by atoms with Crippen LogP contribution in [0.15, 0.2) is 41.3 Å². The third-order valence-electron chi connectivity index (χ3n) is 7.18. The SMILES string of the molecule is COc1cc(C)c(S(=O)(=O)N(C)CCOCC(=O)N(C)Cc2ccc(N3CCCC3CN(C)C)cc2)c(C)c1. The first-order valence-electron chi connectivity index (χ1n) is 13.4. The van der Waals surface area contributed by atoms with Gasteiger partial charge in [0, 0.05) is 52.0 Å². The molecule has 0 spiro atoms. The number of benzene rings is 2. The third kappa shape index (κ3) is 7.94. The Morgan fingerprint density at radius 1 is 1.05 bits per heavy atom. The molecule has 2 aromatic rings. The van der Waals surface area contributed by atoms with Crippen molar-refractivity contribution in [1.29, 1.82) is 0 Å². The number of amides is 1. The number of methoxy groups -OCH3 is 1. The van der Waals surface area contributed by atoms with Gasteiger partial charge < -0.3 is 24.2 Å². The van der Waals surface area contributed by atoms with Gasteiger partial charge in [-0.1, -0.05) is 12.1 Å². The van der Waals surface area contributed by atoms with Gasteiger partial charge in [-0.15, -0.1) is 0 Å². The summed E-state index contributed by atoms with van der Waals surface area (Å²) in [5, 5.41) is 0. The number of aryl methyl sites for hydroxylation is 2. The predicted octanol–water partition coefficient (Wildman–Crippen LogP) is 3.14. The largest absolute Gasteiger partial charge is 0.497 e. The van der Waals surface area contributed by atoms with Crippen molar-refractivity contribution in [2.75, 3.05) is 73.0 Å². The molecule has 0 N–H and O–H groups in total. The number of hydrogen-bond acceptors (Lipinski definition) is 7. The monoisotopic (exact) mass is 560 g/mol. The van der Waals surface area contributed by atoms with Crippen molar-refractivity contribution in [2.24, 2.45) is 0 Å². The molecule has 1 amide bonds. The molecule has 2 aromatic carbocycles. The molecule has 1 unspecified atom stereocenters. The Morgan fingerprint density at radius 2 is 1.69 bits per heavy atom. The van der Waals surface area contributed by atoms with Crippen molar-refractivity contribution in [2.45, 2.75) is 44.2 Å². The van der Waals surface area contributed by atoms with E-state index >= 15 is 0 Å². The first-order valence-corrected chi connectivity index (χ1v) is 14.8. The van der Waals surface area contributed by atoms with Crippen molar-refractivity contribution in [1.82, 2.24) is 14.1 Å². The van der Waals surface area contributed by atoms with Crippen LogP contribution in [0.2, 0.25) is 0 Å². The Balaban J connectivity index is 1.47. The van der Waals surface area contributed by atoms with Gasteiger partial charge in [-0.05, 0) is 81.7 Å². The molecule has 1 saturated heterocycles. The fraction of sp³-hybridized carbons (Fsp3) is 0.552. The van der Waals surface area contributed by atoms with Gasteiger partial charge in [0.05, 0.1) is 18.6 Å². The highest BCUT2D eigenvalue weighted by molar-refractivity contribution is 7.89. The third-order valence-corrected chi connectivity index (χ3v) is 9.34. The van der Waals surface area contributed by atoms with Crippen LogP contribution in [-0.2, 0) is 26.1 Å². The molecule has 1 fully saturated rings. The van der Waals surface area contributed by atoms with Crippen LogP contribution in [-0.4, -0.2) is 103 Å². The van der Waals surface area contributed by atoms with E-state index in [1.807, 2.05) is 0 Å². The number of carbonyl (C=O) groups is 1. The minimum atomic E-state index is -3.71. The number of nitrogens with zero attached hydrogens (tertiary/aromatic N) is 4. The average Bonchev–Trinajstić information content (AvgIpc) is 3.33. The molecule has 3 rings (SSSR count). The smallest absolute Gasteiger partial charge is 0.248 e. The van der Waals surface area contributed by atoms with E-state index in [9.17, 15) is 13.2 Å². The van der Waals surface area contributed by atoms with Crippen LogP contribution < -0.4 is 9.64 Å². The molecule has 216 valence electrons. The van der Waals surface area contributed by atoms with Crippen LogP contribution >= 0.6 is 0 Å². The molecule has 1 aliphatic heterocycles. The Bertz CT molecular complexity index is 1190. The van der Waals surface area contributed by atoms with Crippen LogP contribution in [0.5, 0.6) is 5.75 Å². The van der Waals surface area contributed by atoms with Gasteiger partial charge >= 0.3 is 0 Å². The van der Waals surface area contributed by atoms with E-state index in [2.05, 4.69) is 48.2 Å². The molecule has 9 nitrogen and oxygen atoms in total. The molecule has 1 atom stereocenters. The van der Waals surface area contributed by atoms with E-state index in [0.29, 0.717) is 29.5 Å². The van der Waals surface area contributed by atoms with E-state index < -0.39 is 10.0 Å². The Hall–Kier alpha value is -2.66. The summed E-state index contributed by atoms with van der Waals surface area (Å²) in [6.07, 6.45) is 2.42. The van der Waals surface area contributed by atoms with E-state index in [1.54, 1.807) is 45.0 Å². The van der Waals surface area contributed by atoms with Crippen molar-refractivity contribution >= 4 is 21.6 Å². The second-order valence-electron chi connectivity index (χ2n) is 10.6. The minimum absolute atomic E-state index is 0.108. The fourth-order valence-electron chi connectivity index (χ4n) is 5.12. The lowest BCUT2D eigenvalue weighted by molar-refractivity contribution is -0.135. The molecular weight excluding hydrogens is 516 g/mol. The minimum Gasteiger partial charge on any atom is -0.497 e. The van der Waals surface area contributed by atoms with E-state index in [4.69, 9.17) is 9.47 Å². The second-order valence-corrected chi connectivity index (χ2v) is 12.6. The first kappa shape index (κ1) is 30.9. The zero-order valence-corrected chi connectivity index (χ0v) is 25.3. The van der Waals surface area contributed by atoms with Crippen LogP contribution in [0.3, 0.4) is 0 Å². The summed E-state index contributed by atoms with van der Waals surface area (Å²) in [7, 11) is 5.34. The molecule has 0 saturated carbocycles. The summed E-state index contributed by atoms with van der Waals surface area (Å²) < 4.78 is 38.3. The Kier molecular flexibility index (Phi) is 10.8. The van der Waals surface area contributed by atoms with Crippen molar-refractivity contribution in [3.63, 3.8) is 0 Å². The average molecular weight is 561 g/mol. The Labute approximate surface area is 234 Å². The topological polar surface area (TPSA) is 82.6 Å². The Morgan fingerprint density at radius 3 is 2.28 bits per heavy atom. The lowest BCUT2D eigenvalue weighted by Gasteiger charge is -2.29. The van der Waals surface area contributed by atoms with Gasteiger partial charge in [0.15, 0.2) is 0 Å². The van der Waals surface area contributed by atoms with Gasteiger partial charge in [-0.25, -0.2) is 8.42 Å². The predicted molar refractivity (Wildman–Crippen MR) is 155 cm³/mol. The first-order chi connectivity index (χ1) is 18.4. The number of carbonyl (C=O) groups excluding carboxylic acids is 1. The number of rotatable bonds is 13. The zero-order valence-electron chi connectivity index (χ0n) is 24.4. The lowest BCUT2D eigenvalue weighted by Crippen LogP contribution is -2.37. The molecule has 0 bridgehead atoms. The summed E-state index contributed by atoms with van der Waals surface area (Å²) >= 11 is 0. The summed E-state index contributed by atoms with van der Waals surface area (Å²) in [6.45, 7) is 6.24. The van der Waals surface area contributed by atoms with Crippen molar-refractivity contribution in [3.05, 3.63) is 53.1 Å². The summed E-state index contributed by atoms with van der Waals surface area (Å²) in [5.74, 6) is 0.464. The highest BCUT2D eigenvalue weighted by atomic mass is 32.2. The van der Waals surface area contributed by atoms with Crippen molar-refractivity contribution in [3.8, 4) is 5.75 Å². The van der Waals surface area contributed by atoms with E-state index in [-0.39, 0.29) is 30.6 Å². The van der Waals surface area contributed by atoms with E-state index in [1.165, 1.54) is 29.9 Å².